The van der Waals surface area contributed by atoms with Crippen molar-refractivity contribution in [2.24, 2.45) is 5.73 Å². The second-order valence-electron chi connectivity index (χ2n) is 8.78. The molecule has 10 heteroatoms. The summed E-state index contributed by atoms with van der Waals surface area (Å²) in [7, 11) is 0. The third kappa shape index (κ3) is 6.27. The van der Waals surface area contributed by atoms with Gasteiger partial charge in [-0.2, -0.15) is 5.10 Å². The molecule has 0 radical (unpaired) electrons. The molecule has 0 bridgehead atoms. The van der Waals surface area contributed by atoms with E-state index in [1.54, 1.807) is 0 Å². The standard InChI is InChI=1S/C23H32N6O3S/c24-20(30)8-9-21-26-29(23(33)28(21)15-19-7-4-14-32-19)16-27-12-10-18(11-13-27)25-22(31)17-5-2-1-3-6-17/h1-3,5-6,18-19H,4,7-16H2,(H2,24,30)(H,25,31)/t19-/m0/s1. The lowest BCUT2D eigenvalue weighted by molar-refractivity contribution is -0.118. The molecule has 2 amide bonds. The Balaban J connectivity index is 1.36. The predicted octanol–water partition coefficient (Wildman–Crippen LogP) is 1.86. The molecule has 1 atom stereocenters. The van der Waals surface area contributed by atoms with Gasteiger partial charge in [-0.15, -0.1) is 0 Å². The summed E-state index contributed by atoms with van der Waals surface area (Å²) in [4.78, 5) is 26.0. The van der Waals surface area contributed by atoms with Gasteiger partial charge in [0.2, 0.25) is 5.91 Å². The molecule has 2 aromatic rings. The van der Waals surface area contributed by atoms with Crippen molar-refractivity contribution in [3.63, 3.8) is 0 Å². The summed E-state index contributed by atoms with van der Waals surface area (Å²) in [6, 6.07) is 9.46. The number of primary amides is 1. The lowest BCUT2D eigenvalue weighted by atomic mass is 10.0. The second kappa shape index (κ2) is 11.0. The van der Waals surface area contributed by atoms with Crippen molar-refractivity contribution < 1.29 is 14.3 Å². The maximum absolute atomic E-state index is 12.4. The fourth-order valence-electron chi connectivity index (χ4n) is 4.44. The van der Waals surface area contributed by atoms with Crippen LogP contribution in [0.5, 0.6) is 0 Å². The molecular formula is C23H32N6O3S. The fraction of sp³-hybridized carbons (Fsp3) is 0.565. The van der Waals surface area contributed by atoms with Crippen LogP contribution in [-0.4, -0.2) is 62.9 Å². The van der Waals surface area contributed by atoms with Crippen molar-refractivity contribution >= 4 is 24.0 Å². The molecule has 2 aliphatic rings. The summed E-state index contributed by atoms with van der Waals surface area (Å²) in [5.74, 6) is 0.404. The molecule has 0 saturated carbocycles. The Hall–Kier alpha value is -2.56. The lowest BCUT2D eigenvalue weighted by Crippen LogP contribution is -2.45. The van der Waals surface area contributed by atoms with E-state index < -0.39 is 0 Å². The van der Waals surface area contributed by atoms with Crippen molar-refractivity contribution in [2.75, 3.05) is 19.7 Å². The molecule has 0 unspecified atom stereocenters. The lowest BCUT2D eigenvalue weighted by Gasteiger charge is -2.32. The van der Waals surface area contributed by atoms with E-state index in [2.05, 4.69) is 10.2 Å². The molecule has 1 aromatic carbocycles. The number of nitrogens with two attached hydrogens (primary N) is 1. The van der Waals surface area contributed by atoms with Crippen molar-refractivity contribution in [1.29, 1.82) is 0 Å². The van der Waals surface area contributed by atoms with Gasteiger partial charge in [-0.1, -0.05) is 18.2 Å². The Bertz CT molecular complexity index is 1010. The molecule has 2 saturated heterocycles. The normalized spacial score (nSPS) is 19.6. The first kappa shape index (κ1) is 23.6. The zero-order valence-corrected chi connectivity index (χ0v) is 19.6. The number of carbonyl (C=O) groups excluding carboxylic acids is 2. The second-order valence-corrected chi connectivity index (χ2v) is 9.15. The number of piperidine rings is 1. The topological polar surface area (TPSA) is 107 Å². The van der Waals surface area contributed by atoms with Gasteiger partial charge in [0, 0.05) is 44.1 Å². The van der Waals surface area contributed by atoms with Crippen LogP contribution in [0.15, 0.2) is 30.3 Å². The SMILES string of the molecule is NC(=O)CCc1nn(CN2CCC(NC(=O)c3ccccc3)CC2)c(=S)n1C[C@@H]1CCCO1. The quantitative estimate of drug-likeness (QED) is 0.540. The number of nitrogens with one attached hydrogen (secondary N) is 1. The van der Waals surface area contributed by atoms with Gasteiger partial charge in [-0.05, 0) is 50.0 Å². The molecule has 178 valence electrons. The highest BCUT2D eigenvalue weighted by Gasteiger charge is 2.24. The molecule has 4 rings (SSSR count). The average molecular weight is 473 g/mol. The van der Waals surface area contributed by atoms with Crippen molar-refractivity contribution in [3.05, 3.63) is 46.5 Å². The Morgan fingerprint density at radius 1 is 1.18 bits per heavy atom. The van der Waals surface area contributed by atoms with E-state index in [0.29, 0.717) is 30.0 Å². The van der Waals surface area contributed by atoms with Crippen molar-refractivity contribution in [3.8, 4) is 0 Å². The molecule has 0 aliphatic carbocycles. The Morgan fingerprint density at radius 2 is 1.94 bits per heavy atom. The predicted molar refractivity (Wildman–Crippen MR) is 126 cm³/mol. The summed E-state index contributed by atoms with van der Waals surface area (Å²) >= 11 is 5.74. The van der Waals surface area contributed by atoms with Gasteiger partial charge in [0.25, 0.3) is 5.91 Å². The fourth-order valence-corrected chi connectivity index (χ4v) is 4.72. The van der Waals surface area contributed by atoms with Gasteiger partial charge in [-0.25, -0.2) is 4.68 Å². The molecule has 3 heterocycles. The zero-order valence-electron chi connectivity index (χ0n) is 18.8. The van der Waals surface area contributed by atoms with Gasteiger partial charge in [-0.3, -0.25) is 14.5 Å². The van der Waals surface area contributed by atoms with E-state index >= 15 is 0 Å². The van der Waals surface area contributed by atoms with Crippen LogP contribution >= 0.6 is 12.2 Å². The Kier molecular flexibility index (Phi) is 7.89. The largest absolute Gasteiger partial charge is 0.376 e. The molecule has 33 heavy (non-hydrogen) atoms. The maximum Gasteiger partial charge on any atom is 0.251 e. The van der Waals surface area contributed by atoms with Crippen LogP contribution in [0, 0.1) is 4.77 Å². The molecule has 9 nitrogen and oxygen atoms in total. The van der Waals surface area contributed by atoms with Gasteiger partial charge >= 0.3 is 0 Å². The van der Waals surface area contributed by atoms with Crippen molar-refractivity contribution in [2.45, 2.75) is 63.9 Å². The summed E-state index contributed by atoms with van der Waals surface area (Å²) < 4.78 is 10.3. The third-order valence-corrected chi connectivity index (χ3v) is 6.73. The molecule has 2 aliphatic heterocycles. The van der Waals surface area contributed by atoms with E-state index in [9.17, 15) is 9.59 Å². The smallest absolute Gasteiger partial charge is 0.251 e. The van der Waals surface area contributed by atoms with E-state index in [4.69, 9.17) is 27.8 Å². The monoisotopic (exact) mass is 472 g/mol. The van der Waals surface area contributed by atoms with E-state index in [1.807, 2.05) is 39.6 Å². The van der Waals surface area contributed by atoms with Gasteiger partial charge < -0.3 is 20.4 Å². The number of ether oxygens (including phenoxy) is 1. The number of amides is 2. The summed E-state index contributed by atoms with van der Waals surface area (Å²) in [5.41, 5.74) is 6.05. The number of nitrogens with zero attached hydrogens (tertiary/aromatic N) is 4. The first-order valence-electron chi connectivity index (χ1n) is 11.6. The zero-order chi connectivity index (χ0) is 23.2. The molecule has 2 fully saturated rings. The summed E-state index contributed by atoms with van der Waals surface area (Å²) in [5, 5.41) is 7.87. The van der Waals surface area contributed by atoms with Crippen LogP contribution in [0.25, 0.3) is 0 Å². The van der Waals surface area contributed by atoms with Gasteiger partial charge in [0.15, 0.2) is 4.77 Å². The number of likely N-dealkylation sites (tertiary alicyclic amines) is 1. The van der Waals surface area contributed by atoms with E-state index in [-0.39, 0.29) is 30.4 Å². The van der Waals surface area contributed by atoms with Crippen LogP contribution in [0.2, 0.25) is 0 Å². The van der Waals surface area contributed by atoms with Crippen LogP contribution in [0.4, 0.5) is 0 Å². The first-order chi connectivity index (χ1) is 16.0. The maximum atomic E-state index is 12.4. The minimum Gasteiger partial charge on any atom is -0.376 e. The molecule has 3 N–H and O–H groups in total. The van der Waals surface area contributed by atoms with Crippen LogP contribution in [0.1, 0.15) is 48.3 Å². The number of carbonyl (C=O) groups is 2. The highest BCUT2D eigenvalue weighted by atomic mass is 32.1. The minimum atomic E-state index is -0.348. The molecular weight excluding hydrogens is 440 g/mol. The summed E-state index contributed by atoms with van der Waals surface area (Å²) in [6.45, 7) is 3.70. The minimum absolute atomic E-state index is 0.0248. The number of aromatic nitrogens is 3. The third-order valence-electron chi connectivity index (χ3n) is 6.30. The highest BCUT2D eigenvalue weighted by molar-refractivity contribution is 7.71. The van der Waals surface area contributed by atoms with Crippen LogP contribution < -0.4 is 11.1 Å². The number of hydrogen-bond donors (Lipinski definition) is 2. The number of rotatable bonds is 9. The number of aryl methyl sites for hydroxylation is 1. The highest BCUT2D eigenvalue weighted by Crippen LogP contribution is 2.17. The van der Waals surface area contributed by atoms with Crippen LogP contribution in [-0.2, 0) is 29.2 Å². The van der Waals surface area contributed by atoms with Crippen molar-refractivity contribution in [1.82, 2.24) is 24.6 Å². The van der Waals surface area contributed by atoms with Gasteiger partial charge in [0.1, 0.15) is 5.82 Å². The van der Waals surface area contributed by atoms with E-state index in [1.165, 1.54) is 0 Å². The molecule has 0 spiro atoms. The number of benzene rings is 1. The average Bonchev–Trinajstić information content (AvgIpc) is 3.43. The van der Waals surface area contributed by atoms with Gasteiger partial charge in [0.05, 0.1) is 19.3 Å². The molecule has 1 aromatic heterocycles. The Morgan fingerprint density at radius 3 is 2.61 bits per heavy atom. The van der Waals surface area contributed by atoms with Crippen LogP contribution in [0.3, 0.4) is 0 Å². The first-order valence-corrected chi connectivity index (χ1v) is 12.0. The van der Waals surface area contributed by atoms with E-state index in [0.717, 1.165) is 51.2 Å². The Labute approximate surface area is 198 Å². The summed E-state index contributed by atoms with van der Waals surface area (Å²) in [6.07, 6.45) is 4.64. The number of hydrogen-bond acceptors (Lipinski definition) is 6.